The summed E-state index contributed by atoms with van der Waals surface area (Å²) in [5.74, 6) is 1.41. The van der Waals surface area contributed by atoms with Crippen molar-refractivity contribution in [1.29, 1.82) is 0 Å². The third kappa shape index (κ3) is 4.97. The molecule has 1 amide bonds. The van der Waals surface area contributed by atoms with Gasteiger partial charge >= 0.3 is 6.09 Å². The van der Waals surface area contributed by atoms with Gasteiger partial charge in [0.05, 0.1) is 20.3 Å². The minimum Gasteiger partial charge on any atom is -0.504 e. The number of phenols is 1. The predicted octanol–water partition coefficient (Wildman–Crippen LogP) is 4.27. The zero-order chi connectivity index (χ0) is 24.1. The van der Waals surface area contributed by atoms with E-state index in [2.05, 4.69) is 5.32 Å². The minimum atomic E-state index is -0.546. The normalized spacial score (nSPS) is 19.4. The van der Waals surface area contributed by atoms with Gasteiger partial charge in [0.15, 0.2) is 11.5 Å². The van der Waals surface area contributed by atoms with Crippen LogP contribution in [0.1, 0.15) is 50.3 Å². The number of nitrogens with one attached hydrogen (secondary N) is 1. The Morgan fingerprint density at radius 2 is 1.88 bits per heavy atom. The molecule has 2 heterocycles. The fraction of sp³-hybridized carbons (Fsp3) is 0.462. The van der Waals surface area contributed by atoms with Gasteiger partial charge in [0.1, 0.15) is 11.4 Å². The van der Waals surface area contributed by atoms with Gasteiger partial charge < -0.3 is 24.2 Å². The van der Waals surface area contributed by atoms with Crippen LogP contribution in [0.25, 0.3) is 0 Å². The number of nitrogens with zero attached hydrogens (tertiary/aromatic N) is 2. The highest BCUT2D eigenvalue weighted by atomic mass is 16.6. The van der Waals surface area contributed by atoms with Gasteiger partial charge in [-0.1, -0.05) is 12.1 Å². The molecule has 0 bridgehead atoms. The van der Waals surface area contributed by atoms with E-state index in [-0.39, 0.29) is 17.9 Å². The number of aliphatic imine (C=N–C) groups is 1. The van der Waals surface area contributed by atoms with Crippen molar-refractivity contribution in [2.45, 2.75) is 44.8 Å². The first-order valence-corrected chi connectivity index (χ1v) is 11.9. The van der Waals surface area contributed by atoms with Crippen LogP contribution in [-0.2, 0) is 4.74 Å². The van der Waals surface area contributed by atoms with Gasteiger partial charge in [0.25, 0.3) is 0 Å². The maximum Gasteiger partial charge on any atom is 0.409 e. The summed E-state index contributed by atoms with van der Waals surface area (Å²) in [5.41, 5.74) is 2.20. The minimum absolute atomic E-state index is 0.150. The van der Waals surface area contributed by atoms with Gasteiger partial charge in [0, 0.05) is 49.7 Å². The first kappa shape index (κ1) is 23.9. The van der Waals surface area contributed by atoms with Crippen LogP contribution in [0.2, 0.25) is 0 Å². The molecule has 0 aliphatic carbocycles. The van der Waals surface area contributed by atoms with Gasteiger partial charge in [-0.2, -0.15) is 0 Å². The second-order valence-corrected chi connectivity index (χ2v) is 8.53. The molecule has 2 aliphatic heterocycles. The van der Waals surface area contributed by atoms with Crippen molar-refractivity contribution in [3.63, 3.8) is 0 Å². The maximum absolute atomic E-state index is 12.2. The van der Waals surface area contributed by atoms with E-state index in [1.807, 2.05) is 50.2 Å². The van der Waals surface area contributed by atoms with Crippen molar-refractivity contribution >= 4 is 11.8 Å². The van der Waals surface area contributed by atoms with Crippen molar-refractivity contribution in [1.82, 2.24) is 10.2 Å². The number of rotatable bonds is 6. The van der Waals surface area contributed by atoms with Gasteiger partial charge in [0.2, 0.25) is 0 Å². The molecule has 2 N–H and O–H groups in total. The highest BCUT2D eigenvalue weighted by molar-refractivity contribution is 6.02. The summed E-state index contributed by atoms with van der Waals surface area (Å²) >= 11 is 0. The van der Waals surface area contributed by atoms with Crippen LogP contribution in [0.3, 0.4) is 0 Å². The molecule has 4 rings (SSSR count). The molecule has 34 heavy (non-hydrogen) atoms. The summed E-state index contributed by atoms with van der Waals surface area (Å²) in [6, 6.07) is 13.3. The summed E-state index contributed by atoms with van der Waals surface area (Å²) in [6.45, 7) is 5.62. The third-order valence-corrected chi connectivity index (χ3v) is 6.43. The Balaban J connectivity index is 1.66. The molecule has 2 aliphatic rings. The monoisotopic (exact) mass is 467 g/mol. The number of hydrogen-bond donors (Lipinski definition) is 2. The van der Waals surface area contributed by atoms with Crippen molar-refractivity contribution < 1.29 is 24.1 Å². The van der Waals surface area contributed by atoms with E-state index in [9.17, 15) is 9.90 Å². The second-order valence-electron chi connectivity index (χ2n) is 8.53. The number of phenolic OH excluding ortho intramolecular Hbond substituents is 1. The highest BCUT2D eigenvalue weighted by Crippen LogP contribution is 2.40. The molecule has 182 valence electrons. The van der Waals surface area contributed by atoms with E-state index in [0.29, 0.717) is 51.3 Å². The number of carbonyl (C=O) groups excluding carboxylic acids is 1. The van der Waals surface area contributed by atoms with Crippen molar-refractivity contribution in [2.75, 3.05) is 33.4 Å². The molecule has 1 saturated heterocycles. The topological polar surface area (TPSA) is 92.6 Å². The molecule has 1 atom stereocenters. The number of amides is 1. The number of piperidine rings is 1. The summed E-state index contributed by atoms with van der Waals surface area (Å²) in [5, 5.41) is 14.7. The molecule has 1 fully saturated rings. The molecular formula is C26H33N3O5. The van der Waals surface area contributed by atoms with Crippen LogP contribution in [0.5, 0.6) is 17.2 Å². The van der Waals surface area contributed by atoms with Crippen LogP contribution in [0.15, 0.2) is 47.5 Å². The number of methoxy groups -OCH3 is 1. The Hall–Kier alpha value is -3.26. The van der Waals surface area contributed by atoms with Gasteiger partial charge in [-0.25, -0.2) is 4.79 Å². The fourth-order valence-electron chi connectivity index (χ4n) is 4.68. The Morgan fingerprint density at radius 1 is 1.15 bits per heavy atom. The zero-order valence-corrected chi connectivity index (χ0v) is 20.0. The molecule has 8 heteroatoms. The Morgan fingerprint density at radius 3 is 2.53 bits per heavy atom. The lowest BCUT2D eigenvalue weighted by atomic mass is 9.87. The molecule has 0 radical (unpaired) electrons. The molecule has 1 unspecified atom stereocenters. The molecule has 0 saturated carbocycles. The van der Waals surface area contributed by atoms with E-state index in [0.717, 1.165) is 22.6 Å². The fourth-order valence-corrected chi connectivity index (χ4v) is 4.68. The first-order valence-electron chi connectivity index (χ1n) is 11.9. The van der Waals surface area contributed by atoms with Gasteiger partial charge in [-0.3, -0.25) is 10.3 Å². The Kier molecular flexibility index (Phi) is 7.26. The van der Waals surface area contributed by atoms with E-state index < -0.39 is 5.66 Å². The number of aromatic hydroxyl groups is 1. The van der Waals surface area contributed by atoms with E-state index in [1.54, 1.807) is 18.1 Å². The standard InChI is InChI=1S/C26H33N3O5/c1-4-33-23-8-6-7-20(24(23)30)22-17-21(18-9-11-19(32-3)12-10-18)27-26(28-22)13-15-29(16-14-26)25(31)34-5-2/h6-12,22,28,30H,4-5,13-17H2,1-3H3. The number of ether oxygens (including phenoxy) is 3. The predicted molar refractivity (Wildman–Crippen MR) is 130 cm³/mol. The van der Waals surface area contributed by atoms with E-state index >= 15 is 0 Å². The lowest BCUT2D eigenvalue weighted by Crippen LogP contribution is -2.56. The lowest BCUT2D eigenvalue weighted by molar-refractivity contribution is 0.0778. The van der Waals surface area contributed by atoms with Crippen molar-refractivity contribution in [3.8, 4) is 17.2 Å². The van der Waals surface area contributed by atoms with Crippen LogP contribution in [0.4, 0.5) is 4.79 Å². The number of hydrogen-bond acceptors (Lipinski definition) is 7. The highest BCUT2D eigenvalue weighted by Gasteiger charge is 2.41. The van der Waals surface area contributed by atoms with Crippen molar-refractivity contribution in [2.24, 2.45) is 4.99 Å². The number of likely N-dealkylation sites (tertiary alicyclic amines) is 1. The summed E-state index contributed by atoms with van der Waals surface area (Å²) in [6.07, 6.45) is 1.62. The molecule has 8 nitrogen and oxygen atoms in total. The molecular weight excluding hydrogens is 434 g/mol. The van der Waals surface area contributed by atoms with Crippen LogP contribution >= 0.6 is 0 Å². The van der Waals surface area contributed by atoms with Crippen LogP contribution < -0.4 is 14.8 Å². The molecule has 0 aromatic heterocycles. The Bertz CT molecular complexity index is 1030. The van der Waals surface area contributed by atoms with E-state index in [1.165, 1.54) is 0 Å². The third-order valence-electron chi connectivity index (χ3n) is 6.43. The van der Waals surface area contributed by atoms with Crippen LogP contribution in [-0.4, -0.2) is 60.9 Å². The first-order chi connectivity index (χ1) is 16.5. The Labute approximate surface area is 200 Å². The zero-order valence-electron chi connectivity index (χ0n) is 20.0. The quantitative estimate of drug-likeness (QED) is 0.659. The molecule has 1 spiro atoms. The molecule has 2 aromatic rings. The van der Waals surface area contributed by atoms with Gasteiger partial charge in [-0.15, -0.1) is 0 Å². The summed E-state index contributed by atoms with van der Waals surface area (Å²) in [7, 11) is 1.65. The number of benzene rings is 2. The van der Waals surface area contributed by atoms with Gasteiger partial charge in [-0.05, 0) is 49.7 Å². The SMILES string of the molecule is CCOC(=O)N1CCC2(CC1)N=C(c1ccc(OC)cc1)CC(c1cccc(OCC)c1O)N2. The summed E-state index contributed by atoms with van der Waals surface area (Å²) < 4.78 is 16.1. The largest absolute Gasteiger partial charge is 0.504 e. The maximum atomic E-state index is 12.2. The van der Waals surface area contributed by atoms with Crippen molar-refractivity contribution in [3.05, 3.63) is 53.6 Å². The average Bonchev–Trinajstić information content (AvgIpc) is 2.86. The second kappa shape index (κ2) is 10.3. The number of carbonyl (C=O) groups is 1. The number of para-hydroxylation sites is 1. The lowest BCUT2D eigenvalue weighted by Gasteiger charge is -2.45. The molecule has 2 aromatic carbocycles. The smallest absolute Gasteiger partial charge is 0.409 e. The van der Waals surface area contributed by atoms with E-state index in [4.69, 9.17) is 19.2 Å². The average molecular weight is 468 g/mol. The van der Waals surface area contributed by atoms with Crippen LogP contribution in [0, 0.1) is 0 Å². The summed E-state index contributed by atoms with van der Waals surface area (Å²) in [4.78, 5) is 19.1.